The second kappa shape index (κ2) is 6.22. The van der Waals surface area contributed by atoms with Crippen molar-refractivity contribution in [3.8, 4) is 0 Å². The van der Waals surface area contributed by atoms with Crippen molar-refractivity contribution in [1.82, 2.24) is 9.97 Å². The molecule has 1 unspecified atom stereocenters. The summed E-state index contributed by atoms with van der Waals surface area (Å²) in [7, 11) is 0. The lowest BCUT2D eigenvalue weighted by molar-refractivity contribution is 0.520. The number of anilines is 1. The Labute approximate surface area is 104 Å². The normalized spacial score (nSPS) is 12.9. The molecule has 0 aromatic carbocycles. The zero-order chi connectivity index (χ0) is 11.3. The second-order valence-corrected chi connectivity index (χ2v) is 5.09. The maximum atomic E-state index is 5.71. The number of aromatic nitrogens is 2. The topological polar surface area (TPSA) is 63.8 Å². The molecule has 0 aliphatic carbocycles. The van der Waals surface area contributed by atoms with Gasteiger partial charge < -0.3 is 11.1 Å². The van der Waals surface area contributed by atoms with E-state index in [1.807, 2.05) is 0 Å². The Hall–Kier alpha value is -0.430. The van der Waals surface area contributed by atoms with Crippen LogP contribution in [-0.4, -0.2) is 22.6 Å². The molecule has 1 aromatic rings. The molecule has 0 spiro atoms. The highest BCUT2D eigenvalue weighted by Gasteiger charge is 2.10. The predicted octanol–water partition coefficient (Wildman–Crippen LogP) is 1.87. The summed E-state index contributed by atoms with van der Waals surface area (Å²) in [6.07, 6.45) is 4.39. The summed E-state index contributed by atoms with van der Waals surface area (Å²) in [6, 6.07) is 0.286. The van der Waals surface area contributed by atoms with Crippen molar-refractivity contribution >= 4 is 28.4 Å². The van der Waals surface area contributed by atoms with Crippen LogP contribution in [0.5, 0.6) is 0 Å². The fourth-order valence-electron chi connectivity index (χ4n) is 1.40. The first-order chi connectivity index (χ1) is 7.13. The minimum Gasteiger partial charge on any atom is -0.365 e. The number of hydrogen-bond acceptors (Lipinski definition) is 4. The smallest absolute Gasteiger partial charge is 0.143 e. The third-order valence-electron chi connectivity index (χ3n) is 2.05. The van der Waals surface area contributed by atoms with E-state index in [2.05, 4.69) is 51.7 Å². The van der Waals surface area contributed by atoms with E-state index in [-0.39, 0.29) is 6.04 Å². The largest absolute Gasteiger partial charge is 0.365 e. The summed E-state index contributed by atoms with van der Waals surface area (Å²) in [5.41, 5.74) is 5.71. The molecule has 4 nitrogen and oxygen atoms in total. The molecular formula is C10H17IN4. The number of nitrogens with two attached hydrogens (primary N) is 1. The van der Waals surface area contributed by atoms with Crippen molar-refractivity contribution in [3.05, 3.63) is 16.1 Å². The molecule has 0 saturated heterocycles. The fraction of sp³-hybridized carbons (Fsp3) is 0.600. The Kier molecular flexibility index (Phi) is 5.24. The van der Waals surface area contributed by atoms with Crippen LogP contribution in [0.2, 0.25) is 0 Å². The van der Waals surface area contributed by atoms with Gasteiger partial charge in [-0.3, -0.25) is 0 Å². The molecule has 1 heterocycles. The van der Waals surface area contributed by atoms with Gasteiger partial charge in [-0.2, -0.15) is 0 Å². The molecule has 5 heteroatoms. The molecule has 1 rings (SSSR count). The molecule has 0 saturated carbocycles. The molecular weight excluding hydrogens is 303 g/mol. The van der Waals surface area contributed by atoms with Crippen molar-refractivity contribution in [2.45, 2.75) is 26.3 Å². The Bertz CT molecular complexity index is 303. The van der Waals surface area contributed by atoms with Gasteiger partial charge in [0.2, 0.25) is 0 Å². The van der Waals surface area contributed by atoms with Gasteiger partial charge >= 0.3 is 0 Å². The standard InChI is InChI=1S/C10H17IN4/c1-7(2)3-8(4-12)15-10-9(11)5-13-6-14-10/h5-8H,3-4,12H2,1-2H3,(H,13,14,15). The summed E-state index contributed by atoms with van der Waals surface area (Å²) in [5.74, 6) is 1.51. The number of hydrogen-bond donors (Lipinski definition) is 2. The van der Waals surface area contributed by atoms with Crippen LogP contribution in [-0.2, 0) is 0 Å². The lowest BCUT2D eigenvalue weighted by Gasteiger charge is -2.19. The van der Waals surface area contributed by atoms with Crippen molar-refractivity contribution in [2.75, 3.05) is 11.9 Å². The van der Waals surface area contributed by atoms with Gasteiger partial charge in [-0.05, 0) is 34.9 Å². The molecule has 84 valence electrons. The van der Waals surface area contributed by atoms with Crippen molar-refractivity contribution < 1.29 is 0 Å². The van der Waals surface area contributed by atoms with Gasteiger partial charge in [-0.1, -0.05) is 13.8 Å². The van der Waals surface area contributed by atoms with Crippen LogP contribution in [0.1, 0.15) is 20.3 Å². The van der Waals surface area contributed by atoms with Crippen LogP contribution in [0.25, 0.3) is 0 Å². The highest BCUT2D eigenvalue weighted by molar-refractivity contribution is 14.1. The van der Waals surface area contributed by atoms with Crippen LogP contribution in [0.15, 0.2) is 12.5 Å². The van der Waals surface area contributed by atoms with Crippen LogP contribution >= 0.6 is 22.6 Å². The van der Waals surface area contributed by atoms with E-state index in [9.17, 15) is 0 Å². The Morgan fingerprint density at radius 2 is 2.27 bits per heavy atom. The first-order valence-electron chi connectivity index (χ1n) is 5.05. The minimum atomic E-state index is 0.286. The van der Waals surface area contributed by atoms with Crippen molar-refractivity contribution in [3.63, 3.8) is 0 Å². The number of rotatable bonds is 5. The third-order valence-corrected chi connectivity index (χ3v) is 2.84. The zero-order valence-electron chi connectivity index (χ0n) is 9.07. The first-order valence-corrected chi connectivity index (χ1v) is 6.13. The first kappa shape index (κ1) is 12.6. The van der Waals surface area contributed by atoms with Gasteiger partial charge in [0.1, 0.15) is 12.1 Å². The SMILES string of the molecule is CC(C)CC(CN)Nc1ncncc1I. The van der Waals surface area contributed by atoms with Gasteiger partial charge in [-0.25, -0.2) is 9.97 Å². The summed E-state index contributed by atoms with van der Waals surface area (Å²) in [4.78, 5) is 8.14. The average Bonchev–Trinajstić information content (AvgIpc) is 2.19. The van der Waals surface area contributed by atoms with E-state index >= 15 is 0 Å². The summed E-state index contributed by atoms with van der Waals surface area (Å²) < 4.78 is 1.03. The summed E-state index contributed by atoms with van der Waals surface area (Å²) in [6.45, 7) is 5.00. The molecule has 0 bridgehead atoms. The van der Waals surface area contributed by atoms with Crippen LogP contribution < -0.4 is 11.1 Å². The van der Waals surface area contributed by atoms with Crippen molar-refractivity contribution in [2.24, 2.45) is 11.7 Å². The van der Waals surface area contributed by atoms with E-state index in [0.717, 1.165) is 15.8 Å². The maximum Gasteiger partial charge on any atom is 0.143 e. The van der Waals surface area contributed by atoms with Gasteiger partial charge in [0.15, 0.2) is 0 Å². The predicted molar refractivity (Wildman–Crippen MR) is 70.7 cm³/mol. The Morgan fingerprint density at radius 1 is 1.53 bits per heavy atom. The Morgan fingerprint density at radius 3 is 2.80 bits per heavy atom. The summed E-state index contributed by atoms with van der Waals surface area (Å²) >= 11 is 2.22. The highest BCUT2D eigenvalue weighted by Crippen LogP contribution is 2.15. The highest BCUT2D eigenvalue weighted by atomic mass is 127. The molecule has 1 atom stereocenters. The minimum absolute atomic E-state index is 0.286. The van der Waals surface area contributed by atoms with Crippen LogP contribution in [0.4, 0.5) is 5.82 Å². The number of halogens is 1. The average molecular weight is 320 g/mol. The van der Waals surface area contributed by atoms with E-state index in [0.29, 0.717) is 12.5 Å². The monoisotopic (exact) mass is 320 g/mol. The number of nitrogens with one attached hydrogen (secondary N) is 1. The summed E-state index contributed by atoms with van der Waals surface area (Å²) in [5, 5.41) is 3.34. The number of nitrogens with zero attached hydrogens (tertiary/aromatic N) is 2. The van der Waals surface area contributed by atoms with Gasteiger partial charge in [-0.15, -0.1) is 0 Å². The van der Waals surface area contributed by atoms with Gasteiger partial charge in [0, 0.05) is 18.8 Å². The van der Waals surface area contributed by atoms with Crippen molar-refractivity contribution in [1.29, 1.82) is 0 Å². The molecule has 3 N–H and O–H groups in total. The lowest BCUT2D eigenvalue weighted by Crippen LogP contribution is -2.31. The molecule has 1 aromatic heterocycles. The van der Waals surface area contributed by atoms with E-state index in [1.165, 1.54) is 0 Å². The molecule has 0 amide bonds. The van der Waals surface area contributed by atoms with E-state index < -0.39 is 0 Å². The van der Waals surface area contributed by atoms with E-state index in [1.54, 1.807) is 12.5 Å². The quantitative estimate of drug-likeness (QED) is 0.813. The fourth-order valence-corrected chi connectivity index (χ4v) is 1.85. The lowest BCUT2D eigenvalue weighted by atomic mass is 10.0. The van der Waals surface area contributed by atoms with Gasteiger partial charge in [0.05, 0.1) is 3.57 Å². The molecule has 15 heavy (non-hydrogen) atoms. The molecule has 0 fully saturated rings. The van der Waals surface area contributed by atoms with Crippen LogP contribution in [0.3, 0.4) is 0 Å². The molecule has 0 radical (unpaired) electrons. The van der Waals surface area contributed by atoms with Crippen LogP contribution in [0, 0.1) is 9.49 Å². The van der Waals surface area contributed by atoms with E-state index in [4.69, 9.17) is 5.73 Å². The zero-order valence-corrected chi connectivity index (χ0v) is 11.2. The molecule has 0 aliphatic heterocycles. The maximum absolute atomic E-state index is 5.71. The second-order valence-electron chi connectivity index (χ2n) is 3.93. The third kappa shape index (κ3) is 4.29. The Balaban J connectivity index is 2.62. The molecule has 0 aliphatic rings. The van der Waals surface area contributed by atoms with Gasteiger partial charge in [0.25, 0.3) is 0 Å².